The molecular formula is C23H20ClF3N2O. The molecule has 0 N–H and O–H groups in total. The van der Waals surface area contributed by atoms with Gasteiger partial charge in [0.1, 0.15) is 0 Å². The summed E-state index contributed by atoms with van der Waals surface area (Å²) in [7, 11) is 0. The lowest BCUT2D eigenvalue weighted by molar-refractivity contribution is -0.137. The zero-order valence-corrected chi connectivity index (χ0v) is 17.1. The van der Waals surface area contributed by atoms with Crippen molar-refractivity contribution in [3.63, 3.8) is 0 Å². The molecule has 1 aromatic heterocycles. The van der Waals surface area contributed by atoms with Crippen molar-refractivity contribution in [2.75, 3.05) is 11.4 Å². The third-order valence-electron chi connectivity index (χ3n) is 5.49. The van der Waals surface area contributed by atoms with Gasteiger partial charge in [-0.2, -0.15) is 13.2 Å². The van der Waals surface area contributed by atoms with Crippen LogP contribution in [0, 0.1) is 0 Å². The highest BCUT2D eigenvalue weighted by Crippen LogP contribution is 2.34. The van der Waals surface area contributed by atoms with Gasteiger partial charge < -0.3 is 4.90 Å². The summed E-state index contributed by atoms with van der Waals surface area (Å²) in [5.74, 6) is -0.380. The second kappa shape index (κ2) is 7.91. The van der Waals surface area contributed by atoms with Crippen LogP contribution in [-0.4, -0.2) is 17.4 Å². The average molecular weight is 433 g/mol. The lowest BCUT2D eigenvalue weighted by Crippen LogP contribution is -2.30. The number of fused-ring (bicyclic) bond motifs is 2. The Labute approximate surface area is 177 Å². The molecule has 0 unspecified atom stereocenters. The summed E-state index contributed by atoms with van der Waals surface area (Å²) in [6.07, 6.45) is -0.578. The highest BCUT2D eigenvalue weighted by atomic mass is 35.5. The van der Waals surface area contributed by atoms with Gasteiger partial charge in [0, 0.05) is 28.9 Å². The third kappa shape index (κ3) is 3.76. The molecule has 0 radical (unpaired) electrons. The number of halogens is 4. The van der Waals surface area contributed by atoms with Gasteiger partial charge in [-0.05, 0) is 68.5 Å². The highest BCUT2D eigenvalue weighted by Gasteiger charge is 2.31. The van der Waals surface area contributed by atoms with E-state index in [9.17, 15) is 18.0 Å². The van der Waals surface area contributed by atoms with E-state index in [0.29, 0.717) is 16.1 Å². The van der Waals surface area contributed by atoms with Crippen LogP contribution in [0.5, 0.6) is 0 Å². The second-order valence-electron chi connectivity index (χ2n) is 7.39. The fourth-order valence-electron chi connectivity index (χ4n) is 3.95. The normalized spacial score (nSPS) is 13.9. The number of nitrogens with zero attached hydrogens (tertiary/aromatic N) is 2. The average Bonchev–Trinajstić information content (AvgIpc) is 2.73. The van der Waals surface area contributed by atoms with E-state index >= 15 is 0 Å². The number of carbonyl (C=O) groups excluding carboxylic acids is 1. The summed E-state index contributed by atoms with van der Waals surface area (Å²) in [5, 5.41) is 1.47. The summed E-state index contributed by atoms with van der Waals surface area (Å²) < 4.78 is 39.3. The molecule has 3 nitrogen and oxygen atoms in total. The predicted molar refractivity (Wildman–Crippen MR) is 112 cm³/mol. The fourth-order valence-corrected chi connectivity index (χ4v) is 4.31. The molecule has 0 saturated carbocycles. The molecule has 1 aliphatic rings. The Morgan fingerprint density at radius 3 is 2.63 bits per heavy atom. The van der Waals surface area contributed by atoms with Crippen LogP contribution in [0.2, 0.25) is 5.02 Å². The Hall–Kier alpha value is -2.60. The zero-order valence-electron chi connectivity index (χ0n) is 16.4. The Morgan fingerprint density at radius 1 is 1.13 bits per heavy atom. The Morgan fingerprint density at radius 2 is 1.90 bits per heavy atom. The number of benzene rings is 2. The van der Waals surface area contributed by atoms with Gasteiger partial charge in [-0.1, -0.05) is 23.7 Å². The van der Waals surface area contributed by atoms with Crippen molar-refractivity contribution in [2.24, 2.45) is 0 Å². The van der Waals surface area contributed by atoms with Gasteiger partial charge >= 0.3 is 6.18 Å². The van der Waals surface area contributed by atoms with Crippen molar-refractivity contribution >= 4 is 34.1 Å². The van der Waals surface area contributed by atoms with Crippen molar-refractivity contribution < 1.29 is 18.0 Å². The standard InChI is InChI=1S/C23H20ClF3N2O/c1-2-29(16-7-5-6-15(13-16)23(25,26)27)22(30)14-10-11-18-20(12-14)28-19-9-4-3-8-17(19)21(18)24/h5-7,10-13H,2-4,8-9H2,1H3. The van der Waals surface area contributed by atoms with E-state index in [4.69, 9.17) is 16.6 Å². The van der Waals surface area contributed by atoms with E-state index in [-0.39, 0.29) is 18.1 Å². The number of aryl methyl sites for hydroxylation is 1. The zero-order chi connectivity index (χ0) is 21.5. The van der Waals surface area contributed by atoms with Crippen molar-refractivity contribution in [2.45, 2.75) is 38.8 Å². The maximum atomic E-state index is 13.1. The summed E-state index contributed by atoms with van der Waals surface area (Å²) in [6.45, 7) is 1.96. The van der Waals surface area contributed by atoms with Gasteiger partial charge in [-0.3, -0.25) is 9.78 Å². The minimum atomic E-state index is -4.47. The summed E-state index contributed by atoms with van der Waals surface area (Å²) in [4.78, 5) is 19.2. The van der Waals surface area contributed by atoms with Gasteiger partial charge in [0.05, 0.1) is 16.1 Å². The number of rotatable bonds is 3. The maximum Gasteiger partial charge on any atom is 0.416 e. The summed E-state index contributed by atoms with van der Waals surface area (Å²) in [6, 6.07) is 9.90. The lowest BCUT2D eigenvalue weighted by Gasteiger charge is -2.23. The molecule has 1 heterocycles. The topological polar surface area (TPSA) is 33.2 Å². The van der Waals surface area contributed by atoms with Crippen LogP contribution in [-0.2, 0) is 19.0 Å². The van der Waals surface area contributed by atoms with Gasteiger partial charge in [0.2, 0.25) is 0 Å². The van der Waals surface area contributed by atoms with Crippen LogP contribution in [0.1, 0.15) is 46.9 Å². The molecule has 0 saturated heterocycles. The first-order valence-corrected chi connectivity index (χ1v) is 10.3. The number of pyridine rings is 1. The monoisotopic (exact) mass is 432 g/mol. The molecule has 3 aromatic rings. The maximum absolute atomic E-state index is 13.1. The van der Waals surface area contributed by atoms with Crippen molar-refractivity contribution in [1.29, 1.82) is 0 Å². The van der Waals surface area contributed by atoms with E-state index in [1.165, 1.54) is 17.0 Å². The number of hydrogen-bond acceptors (Lipinski definition) is 2. The molecule has 1 amide bonds. The van der Waals surface area contributed by atoms with Crippen molar-refractivity contribution in [3.8, 4) is 0 Å². The van der Waals surface area contributed by atoms with Gasteiger partial charge in [-0.15, -0.1) is 0 Å². The Balaban J connectivity index is 1.73. The molecule has 156 valence electrons. The molecule has 0 aliphatic heterocycles. The SMILES string of the molecule is CCN(C(=O)c1ccc2c(Cl)c3c(nc2c1)CCCC3)c1cccc(C(F)(F)F)c1. The van der Waals surface area contributed by atoms with Gasteiger partial charge in [-0.25, -0.2) is 0 Å². The van der Waals surface area contributed by atoms with E-state index in [2.05, 4.69) is 0 Å². The highest BCUT2D eigenvalue weighted by molar-refractivity contribution is 6.36. The number of hydrogen-bond donors (Lipinski definition) is 0. The Bertz CT molecular complexity index is 1130. The quantitative estimate of drug-likeness (QED) is 0.476. The molecule has 1 aliphatic carbocycles. The van der Waals surface area contributed by atoms with Crippen LogP contribution in [0.3, 0.4) is 0 Å². The van der Waals surface area contributed by atoms with Crippen molar-refractivity contribution in [3.05, 3.63) is 69.9 Å². The van der Waals surface area contributed by atoms with E-state index in [0.717, 1.165) is 54.5 Å². The molecule has 30 heavy (non-hydrogen) atoms. The first-order valence-electron chi connectivity index (χ1n) is 9.89. The second-order valence-corrected chi connectivity index (χ2v) is 7.77. The fraction of sp³-hybridized carbons (Fsp3) is 0.304. The van der Waals surface area contributed by atoms with E-state index in [1.807, 2.05) is 0 Å². The molecule has 0 fully saturated rings. The van der Waals surface area contributed by atoms with Crippen LogP contribution in [0.4, 0.5) is 18.9 Å². The minimum absolute atomic E-state index is 0.203. The van der Waals surface area contributed by atoms with Crippen LogP contribution >= 0.6 is 11.6 Å². The van der Waals surface area contributed by atoms with E-state index < -0.39 is 11.7 Å². The smallest absolute Gasteiger partial charge is 0.309 e. The van der Waals surface area contributed by atoms with Crippen LogP contribution in [0.25, 0.3) is 10.9 Å². The molecule has 7 heteroatoms. The lowest BCUT2D eigenvalue weighted by atomic mass is 9.94. The number of alkyl halides is 3. The molecule has 4 rings (SSSR count). The largest absolute Gasteiger partial charge is 0.416 e. The van der Waals surface area contributed by atoms with Crippen LogP contribution in [0.15, 0.2) is 42.5 Å². The number of anilines is 1. The molecular weight excluding hydrogens is 413 g/mol. The Kier molecular flexibility index (Phi) is 5.45. The van der Waals surface area contributed by atoms with Crippen LogP contribution < -0.4 is 4.90 Å². The first-order chi connectivity index (χ1) is 14.3. The first kappa shape index (κ1) is 20.7. The molecule has 0 bridgehead atoms. The molecule has 0 atom stereocenters. The summed E-state index contributed by atoms with van der Waals surface area (Å²) >= 11 is 6.60. The summed E-state index contributed by atoms with van der Waals surface area (Å²) in [5.41, 5.74) is 2.45. The number of amides is 1. The number of carbonyl (C=O) groups is 1. The van der Waals surface area contributed by atoms with E-state index in [1.54, 1.807) is 25.1 Å². The minimum Gasteiger partial charge on any atom is -0.309 e. The number of aromatic nitrogens is 1. The van der Waals surface area contributed by atoms with Gasteiger partial charge in [0.25, 0.3) is 5.91 Å². The third-order valence-corrected chi connectivity index (χ3v) is 5.92. The molecule has 2 aromatic carbocycles. The van der Waals surface area contributed by atoms with Crippen molar-refractivity contribution in [1.82, 2.24) is 4.98 Å². The van der Waals surface area contributed by atoms with Gasteiger partial charge in [0.15, 0.2) is 0 Å². The molecule has 0 spiro atoms. The predicted octanol–water partition coefficient (Wildman–Crippen LogP) is 6.45.